The normalized spacial score (nSPS) is 51.8. The van der Waals surface area contributed by atoms with Crippen molar-refractivity contribution >= 4 is 29.7 Å². The molecule has 144 valence electrons. The van der Waals surface area contributed by atoms with Gasteiger partial charge >= 0.3 is 0 Å². The first kappa shape index (κ1) is 19.2. The lowest BCUT2D eigenvalue weighted by Crippen LogP contribution is -2.38. The Balaban J connectivity index is 1.49. The number of fused-ring (bicyclic) bond motifs is 4. The number of rotatable bonds is 4. The van der Waals surface area contributed by atoms with E-state index in [0.717, 1.165) is 24.7 Å². The molecule has 4 bridgehead atoms. The fourth-order valence-electron chi connectivity index (χ4n) is 6.93. The second-order valence-corrected chi connectivity index (χ2v) is 16.1. The molecule has 4 aliphatic rings. The predicted octanol–water partition coefficient (Wildman–Crippen LogP) is 6.60. The molecule has 4 saturated carbocycles. The average molecular weight is 403 g/mol. The summed E-state index contributed by atoms with van der Waals surface area (Å²) in [6, 6.07) is 0. The highest BCUT2D eigenvalue weighted by molar-refractivity contribution is 8.60. The van der Waals surface area contributed by atoms with Gasteiger partial charge in [0.05, 0.1) is 12.2 Å². The first-order valence-corrected chi connectivity index (χ1v) is 13.8. The Hall–Kier alpha value is 0.920. The van der Waals surface area contributed by atoms with E-state index in [-0.39, 0.29) is 23.0 Å². The molecule has 6 atom stereocenters. The number of hydrogen-bond donors (Lipinski definition) is 1. The van der Waals surface area contributed by atoms with Crippen molar-refractivity contribution in [3.8, 4) is 0 Å². The Morgan fingerprint density at radius 3 is 1.40 bits per heavy atom. The summed E-state index contributed by atoms with van der Waals surface area (Å²) in [6.45, 7) is 14.4. The second kappa shape index (κ2) is 5.50. The summed E-state index contributed by atoms with van der Waals surface area (Å²) >= 11 is 10.6. The zero-order chi connectivity index (χ0) is 18.5. The molecule has 6 unspecified atom stereocenters. The zero-order valence-corrected chi connectivity index (χ0v) is 19.3. The van der Waals surface area contributed by atoms with E-state index in [1.54, 1.807) is 0 Å². The third kappa shape index (κ3) is 2.46. The maximum atomic E-state index is 6.52. The molecule has 0 spiro atoms. The molecule has 0 amide bonds. The van der Waals surface area contributed by atoms with Crippen LogP contribution in [0.4, 0.5) is 0 Å². The Morgan fingerprint density at radius 1 is 0.800 bits per heavy atom. The van der Waals surface area contributed by atoms with Crippen molar-refractivity contribution in [3.05, 3.63) is 0 Å². The predicted molar refractivity (Wildman–Crippen MR) is 111 cm³/mol. The third-order valence-corrected chi connectivity index (χ3v) is 12.1. The van der Waals surface area contributed by atoms with Crippen molar-refractivity contribution in [2.24, 2.45) is 33.5 Å². The minimum atomic E-state index is -2.52. The van der Waals surface area contributed by atoms with Crippen LogP contribution in [-0.4, -0.2) is 12.2 Å². The topological polar surface area (TPSA) is 18.5 Å². The van der Waals surface area contributed by atoms with Crippen LogP contribution < -0.4 is 0 Å². The largest absolute Gasteiger partial charge is 0.318 e. The van der Waals surface area contributed by atoms with Crippen molar-refractivity contribution in [1.29, 1.82) is 0 Å². The van der Waals surface area contributed by atoms with Crippen LogP contribution in [0.2, 0.25) is 0 Å². The average Bonchev–Trinajstić information content (AvgIpc) is 2.98. The van der Waals surface area contributed by atoms with Crippen molar-refractivity contribution in [2.45, 2.75) is 92.3 Å². The molecule has 0 aromatic heterocycles. The molecule has 4 aliphatic carbocycles. The van der Waals surface area contributed by atoms with Crippen LogP contribution in [0.25, 0.3) is 0 Å². The van der Waals surface area contributed by atoms with Gasteiger partial charge in [-0.1, -0.05) is 53.8 Å². The molecule has 2 nitrogen and oxygen atoms in total. The van der Waals surface area contributed by atoms with E-state index in [9.17, 15) is 0 Å². The lowest BCUT2D eigenvalue weighted by molar-refractivity contribution is 0.00167. The molecule has 5 heteroatoms. The molecule has 4 fully saturated rings. The minimum Gasteiger partial charge on any atom is -0.318 e. The fraction of sp³-hybridized carbons (Fsp3) is 1.00. The standard InChI is InChI=1S/C20H35O2PS2/c1-17(2)13-7-9-19(17,5)15(11-13)21-23(24,25)22-16-12-14-8-10-20(16,6)18(14,3)4/h13-16H,7-12H2,1-6H3,(H,24,25). The highest BCUT2D eigenvalue weighted by Gasteiger charge is 2.64. The third-order valence-electron chi connectivity index (χ3n) is 9.95. The van der Waals surface area contributed by atoms with Crippen LogP contribution in [0.5, 0.6) is 0 Å². The summed E-state index contributed by atoms with van der Waals surface area (Å²) in [6.07, 6.45) is 7.83. The molecule has 0 aromatic rings. The molecule has 0 heterocycles. The Labute approximate surface area is 164 Å². The van der Waals surface area contributed by atoms with E-state index < -0.39 is 5.69 Å². The lowest BCUT2D eigenvalue weighted by Gasteiger charge is -2.42. The molecular weight excluding hydrogens is 367 g/mol. The highest BCUT2D eigenvalue weighted by Crippen LogP contribution is 2.73. The molecule has 0 N–H and O–H groups in total. The van der Waals surface area contributed by atoms with Gasteiger partial charge in [0.2, 0.25) is 5.69 Å². The molecule has 0 aromatic carbocycles. The summed E-state index contributed by atoms with van der Waals surface area (Å²) < 4.78 is 13.0. The molecule has 0 radical (unpaired) electrons. The van der Waals surface area contributed by atoms with Crippen LogP contribution in [-0.2, 0) is 20.9 Å². The fourth-order valence-corrected chi connectivity index (χ4v) is 9.56. The van der Waals surface area contributed by atoms with E-state index in [2.05, 4.69) is 41.5 Å². The maximum absolute atomic E-state index is 6.52. The van der Waals surface area contributed by atoms with Gasteiger partial charge in [0.1, 0.15) is 0 Å². The molecule has 4 rings (SSSR count). The van der Waals surface area contributed by atoms with Gasteiger partial charge in [0, 0.05) is 0 Å². The van der Waals surface area contributed by atoms with Crippen molar-refractivity contribution in [2.75, 3.05) is 0 Å². The SMILES string of the molecule is CC1(C)C2CCC1(C)C(OP(=S)(S)OC1CC3CCC1(C)C3(C)C)C2. The smallest absolute Gasteiger partial charge is 0.244 e. The van der Waals surface area contributed by atoms with E-state index in [1.807, 2.05) is 0 Å². The van der Waals surface area contributed by atoms with Gasteiger partial charge in [-0.05, 0) is 83.8 Å². The van der Waals surface area contributed by atoms with Crippen molar-refractivity contribution < 1.29 is 9.05 Å². The maximum Gasteiger partial charge on any atom is 0.244 e. The van der Waals surface area contributed by atoms with E-state index in [1.165, 1.54) is 25.7 Å². The van der Waals surface area contributed by atoms with E-state index in [0.29, 0.717) is 10.8 Å². The molecule has 0 saturated heterocycles. The van der Waals surface area contributed by atoms with Gasteiger partial charge in [-0.25, -0.2) is 0 Å². The summed E-state index contributed by atoms with van der Waals surface area (Å²) in [7, 11) is 0. The summed E-state index contributed by atoms with van der Waals surface area (Å²) in [5.41, 5.74) is -1.42. The highest BCUT2D eigenvalue weighted by atomic mass is 32.9. The van der Waals surface area contributed by atoms with Gasteiger partial charge in [0.25, 0.3) is 0 Å². The quantitative estimate of drug-likeness (QED) is 0.422. The summed E-state index contributed by atoms with van der Waals surface area (Å²) in [4.78, 5) is 0. The van der Waals surface area contributed by atoms with E-state index >= 15 is 0 Å². The van der Waals surface area contributed by atoms with Crippen LogP contribution in [0, 0.1) is 33.5 Å². The number of thiol groups is 1. The van der Waals surface area contributed by atoms with E-state index in [4.69, 9.17) is 33.1 Å². The molecule has 0 aliphatic heterocycles. The van der Waals surface area contributed by atoms with Crippen molar-refractivity contribution in [1.82, 2.24) is 0 Å². The second-order valence-electron chi connectivity index (χ2n) is 10.9. The molecular formula is C20H35O2PS2. The van der Waals surface area contributed by atoms with Crippen LogP contribution in [0.1, 0.15) is 80.1 Å². The van der Waals surface area contributed by atoms with Gasteiger partial charge in [-0.3, -0.25) is 0 Å². The molecule has 25 heavy (non-hydrogen) atoms. The lowest BCUT2D eigenvalue weighted by atomic mass is 9.70. The summed E-state index contributed by atoms with van der Waals surface area (Å²) in [5, 5.41) is 0. The van der Waals surface area contributed by atoms with Gasteiger partial charge in [-0.2, -0.15) is 0 Å². The van der Waals surface area contributed by atoms with Gasteiger partial charge in [0.15, 0.2) is 0 Å². The van der Waals surface area contributed by atoms with Crippen LogP contribution in [0.3, 0.4) is 0 Å². The Bertz CT molecular complexity index is 583. The zero-order valence-electron chi connectivity index (χ0n) is 16.7. The van der Waals surface area contributed by atoms with Gasteiger partial charge in [-0.15, -0.1) is 0 Å². The van der Waals surface area contributed by atoms with Gasteiger partial charge < -0.3 is 9.05 Å². The Kier molecular flexibility index (Phi) is 4.23. The number of hydrogen-bond acceptors (Lipinski definition) is 3. The van der Waals surface area contributed by atoms with Crippen LogP contribution in [0.15, 0.2) is 0 Å². The summed E-state index contributed by atoms with van der Waals surface area (Å²) in [5.74, 6) is 1.51. The van der Waals surface area contributed by atoms with Crippen molar-refractivity contribution in [3.63, 3.8) is 0 Å². The first-order chi connectivity index (χ1) is 11.3. The minimum absolute atomic E-state index is 0.212. The Morgan fingerprint density at radius 2 is 1.16 bits per heavy atom. The first-order valence-electron chi connectivity index (χ1n) is 10.0. The monoisotopic (exact) mass is 402 g/mol. The van der Waals surface area contributed by atoms with Crippen LogP contribution >= 0.6 is 17.9 Å².